The molecular weight excluding hydrogens is 318 g/mol. The number of esters is 1. The van der Waals surface area contributed by atoms with E-state index in [0.29, 0.717) is 11.3 Å². The van der Waals surface area contributed by atoms with E-state index >= 15 is 0 Å². The zero-order chi connectivity index (χ0) is 17.8. The summed E-state index contributed by atoms with van der Waals surface area (Å²) in [6.07, 6.45) is 1.63. The van der Waals surface area contributed by atoms with Crippen molar-refractivity contribution in [2.45, 2.75) is 13.8 Å². The van der Waals surface area contributed by atoms with Gasteiger partial charge in [-0.3, -0.25) is 4.79 Å². The smallest absolute Gasteiger partial charge is 0.344 e. The van der Waals surface area contributed by atoms with Crippen LogP contribution in [0.3, 0.4) is 0 Å². The second-order valence-corrected chi connectivity index (χ2v) is 5.89. The van der Waals surface area contributed by atoms with E-state index in [1.54, 1.807) is 6.20 Å². The van der Waals surface area contributed by atoms with Crippen molar-refractivity contribution in [1.29, 1.82) is 0 Å². The highest BCUT2D eigenvalue weighted by molar-refractivity contribution is 6.08. The van der Waals surface area contributed by atoms with E-state index in [0.717, 1.165) is 22.0 Å². The van der Waals surface area contributed by atoms with E-state index in [9.17, 15) is 9.59 Å². The highest BCUT2D eigenvalue weighted by Crippen LogP contribution is 2.19. The van der Waals surface area contributed by atoms with Crippen molar-refractivity contribution in [3.8, 4) is 5.75 Å². The number of aryl methyl sites for hydroxylation is 2. The van der Waals surface area contributed by atoms with E-state index in [4.69, 9.17) is 9.47 Å². The molecule has 0 aliphatic rings. The lowest BCUT2D eigenvalue weighted by Gasteiger charge is -2.09. The lowest BCUT2D eigenvalue weighted by molar-refractivity contribution is -0.144. The van der Waals surface area contributed by atoms with Gasteiger partial charge in [0.1, 0.15) is 5.75 Å². The molecule has 0 atom stereocenters. The van der Waals surface area contributed by atoms with Crippen LogP contribution in [0.25, 0.3) is 10.9 Å². The Kier molecular flexibility index (Phi) is 4.84. The molecule has 0 radical (unpaired) electrons. The minimum absolute atomic E-state index is 0.231. The molecule has 0 fully saturated rings. The van der Waals surface area contributed by atoms with Crippen molar-refractivity contribution in [2.24, 2.45) is 0 Å². The zero-order valence-corrected chi connectivity index (χ0v) is 14.2. The maximum atomic E-state index is 12.3. The minimum Gasteiger partial charge on any atom is -0.482 e. The largest absolute Gasteiger partial charge is 0.482 e. The van der Waals surface area contributed by atoms with Crippen LogP contribution in [0, 0.1) is 13.8 Å². The fourth-order valence-electron chi connectivity index (χ4n) is 2.57. The number of H-pyrrole nitrogens is 1. The Bertz CT molecular complexity index is 926. The zero-order valence-electron chi connectivity index (χ0n) is 14.2. The number of carbonyl (C=O) groups excluding carboxylic acids is 2. The van der Waals surface area contributed by atoms with Crippen molar-refractivity contribution >= 4 is 22.7 Å². The maximum absolute atomic E-state index is 12.3. The first-order chi connectivity index (χ1) is 12.0. The molecule has 5 heteroatoms. The number of hydrogen-bond acceptors (Lipinski definition) is 4. The van der Waals surface area contributed by atoms with Gasteiger partial charge in [0.2, 0.25) is 5.78 Å². The summed E-state index contributed by atoms with van der Waals surface area (Å²) in [5.74, 6) is -0.188. The first-order valence-electron chi connectivity index (χ1n) is 7.99. The van der Waals surface area contributed by atoms with E-state index < -0.39 is 5.97 Å². The van der Waals surface area contributed by atoms with Crippen LogP contribution in [-0.2, 0) is 9.53 Å². The number of nitrogens with one attached hydrogen (secondary N) is 1. The molecular formula is C20H19NO4. The van der Waals surface area contributed by atoms with Gasteiger partial charge in [-0.1, -0.05) is 30.3 Å². The number of ether oxygens (including phenoxy) is 2. The van der Waals surface area contributed by atoms with E-state index in [-0.39, 0.29) is 19.0 Å². The lowest BCUT2D eigenvalue weighted by Crippen LogP contribution is -2.19. The summed E-state index contributed by atoms with van der Waals surface area (Å²) < 4.78 is 10.5. The van der Waals surface area contributed by atoms with Gasteiger partial charge >= 0.3 is 5.97 Å². The molecule has 0 bridgehead atoms. The summed E-state index contributed by atoms with van der Waals surface area (Å²) in [4.78, 5) is 27.1. The molecule has 5 nitrogen and oxygen atoms in total. The summed E-state index contributed by atoms with van der Waals surface area (Å²) in [7, 11) is 0. The van der Waals surface area contributed by atoms with Crippen molar-refractivity contribution in [1.82, 2.24) is 4.98 Å². The maximum Gasteiger partial charge on any atom is 0.344 e. The molecule has 0 saturated heterocycles. The van der Waals surface area contributed by atoms with Gasteiger partial charge in [0.25, 0.3) is 0 Å². The van der Waals surface area contributed by atoms with Gasteiger partial charge in [-0.05, 0) is 37.1 Å². The van der Waals surface area contributed by atoms with Crippen LogP contribution in [0.5, 0.6) is 5.75 Å². The van der Waals surface area contributed by atoms with E-state index in [1.165, 1.54) is 0 Å². The van der Waals surface area contributed by atoms with Crippen LogP contribution < -0.4 is 4.74 Å². The molecule has 1 heterocycles. The molecule has 0 spiro atoms. The Hall–Kier alpha value is -3.08. The van der Waals surface area contributed by atoms with Gasteiger partial charge in [0, 0.05) is 22.7 Å². The first-order valence-corrected chi connectivity index (χ1v) is 7.99. The van der Waals surface area contributed by atoms with Gasteiger partial charge in [-0.15, -0.1) is 0 Å². The number of fused-ring (bicyclic) bond motifs is 1. The molecule has 0 aliphatic carbocycles. The summed E-state index contributed by atoms with van der Waals surface area (Å²) >= 11 is 0. The van der Waals surface area contributed by atoms with Gasteiger partial charge < -0.3 is 14.5 Å². The number of benzene rings is 2. The van der Waals surface area contributed by atoms with Crippen LogP contribution in [-0.4, -0.2) is 30.0 Å². The van der Waals surface area contributed by atoms with Crippen LogP contribution in [0.1, 0.15) is 21.5 Å². The molecule has 25 heavy (non-hydrogen) atoms. The van der Waals surface area contributed by atoms with Gasteiger partial charge in [0.05, 0.1) is 0 Å². The Morgan fingerprint density at radius 2 is 1.84 bits per heavy atom. The Balaban J connectivity index is 1.55. The average Bonchev–Trinajstić information content (AvgIpc) is 3.04. The molecule has 2 aromatic carbocycles. The summed E-state index contributed by atoms with van der Waals surface area (Å²) in [5.41, 5.74) is 3.37. The molecule has 0 unspecified atom stereocenters. The molecule has 0 amide bonds. The molecule has 3 aromatic rings. The number of hydrogen-bond donors (Lipinski definition) is 1. The Morgan fingerprint density at radius 3 is 2.68 bits per heavy atom. The Morgan fingerprint density at radius 1 is 1.04 bits per heavy atom. The third kappa shape index (κ3) is 3.88. The number of carbonyl (C=O) groups is 2. The highest BCUT2D eigenvalue weighted by atomic mass is 16.6. The molecule has 128 valence electrons. The van der Waals surface area contributed by atoms with Crippen molar-refractivity contribution in [3.05, 3.63) is 65.4 Å². The average molecular weight is 337 g/mol. The van der Waals surface area contributed by atoms with E-state index in [2.05, 4.69) is 4.98 Å². The third-order valence-corrected chi connectivity index (χ3v) is 3.94. The molecule has 0 aliphatic heterocycles. The van der Waals surface area contributed by atoms with Crippen LogP contribution in [0.2, 0.25) is 0 Å². The number of aromatic nitrogens is 1. The summed E-state index contributed by atoms with van der Waals surface area (Å²) in [6.45, 7) is 3.31. The SMILES string of the molecule is Cc1ccc(C)c(OCC(=O)OCC(=O)c2c[nH]c3ccccc23)c1. The number of Topliss-reactive ketones (excluding diaryl/α,β-unsaturated/α-hetero) is 1. The lowest BCUT2D eigenvalue weighted by atomic mass is 10.1. The summed E-state index contributed by atoms with van der Waals surface area (Å²) in [6, 6.07) is 13.2. The van der Waals surface area contributed by atoms with Gasteiger partial charge in [0.15, 0.2) is 13.2 Å². The quantitative estimate of drug-likeness (QED) is 0.551. The molecule has 3 rings (SSSR count). The number of ketones is 1. The normalized spacial score (nSPS) is 10.6. The predicted molar refractivity (Wildman–Crippen MR) is 95.0 cm³/mol. The second kappa shape index (κ2) is 7.21. The third-order valence-electron chi connectivity index (χ3n) is 3.94. The van der Waals surface area contributed by atoms with Gasteiger partial charge in [-0.2, -0.15) is 0 Å². The summed E-state index contributed by atoms with van der Waals surface area (Å²) in [5, 5.41) is 0.815. The fourth-order valence-corrected chi connectivity index (χ4v) is 2.57. The standard InChI is InChI=1S/C20H19NO4/c1-13-7-8-14(2)19(9-13)24-12-20(23)25-11-18(22)16-10-21-17-6-4-3-5-15(16)17/h3-10,21H,11-12H2,1-2H3. The number of rotatable bonds is 6. The predicted octanol–water partition coefficient (Wildman–Crippen LogP) is 3.59. The monoisotopic (exact) mass is 337 g/mol. The number of para-hydroxylation sites is 1. The van der Waals surface area contributed by atoms with Crippen molar-refractivity contribution in [2.75, 3.05) is 13.2 Å². The molecule has 1 N–H and O–H groups in total. The second-order valence-electron chi connectivity index (χ2n) is 5.89. The molecule has 1 aromatic heterocycles. The Labute approximate surface area is 145 Å². The first kappa shape index (κ1) is 16.8. The van der Waals surface area contributed by atoms with Crippen LogP contribution in [0.4, 0.5) is 0 Å². The van der Waals surface area contributed by atoms with Gasteiger partial charge in [-0.25, -0.2) is 4.79 Å². The van der Waals surface area contributed by atoms with Crippen LogP contribution >= 0.6 is 0 Å². The number of aromatic amines is 1. The minimum atomic E-state index is -0.575. The van der Waals surface area contributed by atoms with Crippen molar-refractivity contribution < 1.29 is 19.1 Å². The fraction of sp³-hybridized carbons (Fsp3) is 0.200. The van der Waals surface area contributed by atoms with E-state index in [1.807, 2.05) is 56.3 Å². The highest BCUT2D eigenvalue weighted by Gasteiger charge is 2.14. The van der Waals surface area contributed by atoms with Crippen molar-refractivity contribution in [3.63, 3.8) is 0 Å². The topological polar surface area (TPSA) is 68.4 Å². The van der Waals surface area contributed by atoms with Crippen LogP contribution in [0.15, 0.2) is 48.7 Å². The molecule has 0 saturated carbocycles.